The van der Waals surface area contributed by atoms with Crippen molar-refractivity contribution in [1.82, 2.24) is 15.5 Å². The summed E-state index contributed by atoms with van der Waals surface area (Å²) in [5, 5.41) is 6.65. The monoisotopic (exact) mass is 412 g/mol. The highest BCUT2D eigenvalue weighted by Crippen LogP contribution is 2.17. The lowest BCUT2D eigenvalue weighted by molar-refractivity contribution is -0.129. The first-order chi connectivity index (χ1) is 12.0. The van der Waals surface area contributed by atoms with E-state index in [1.165, 1.54) is 6.07 Å². The predicted octanol–water partition coefficient (Wildman–Crippen LogP) is 2.70. The van der Waals surface area contributed by atoms with Gasteiger partial charge in [-0.1, -0.05) is 13.0 Å². The molecular weight excluding hydrogens is 387 g/mol. The second-order valence-corrected chi connectivity index (χ2v) is 6.94. The summed E-state index contributed by atoms with van der Waals surface area (Å²) in [6.45, 7) is 6.82. The van der Waals surface area contributed by atoms with Gasteiger partial charge in [0.2, 0.25) is 5.91 Å². The van der Waals surface area contributed by atoms with Gasteiger partial charge in [-0.05, 0) is 53.4 Å². The molecule has 138 valence electrons. The first-order valence-electron chi connectivity index (χ1n) is 8.80. The van der Waals surface area contributed by atoms with Crippen LogP contribution in [0.25, 0.3) is 0 Å². The maximum Gasteiger partial charge on any atom is 0.222 e. The highest BCUT2D eigenvalue weighted by atomic mass is 79.9. The molecule has 2 rings (SSSR count). The van der Waals surface area contributed by atoms with Crippen LogP contribution >= 0.6 is 15.9 Å². The molecule has 1 aliphatic rings. The number of guanidine groups is 1. The van der Waals surface area contributed by atoms with E-state index in [1.807, 2.05) is 18.7 Å². The predicted molar refractivity (Wildman–Crippen MR) is 102 cm³/mol. The van der Waals surface area contributed by atoms with Gasteiger partial charge in [0.25, 0.3) is 0 Å². The molecule has 1 atom stereocenters. The minimum atomic E-state index is -0.255. The fourth-order valence-corrected chi connectivity index (χ4v) is 3.26. The topological polar surface area (TPSA) is 56.7 Å². The van der Waals surface area contributed by atoms with E-state index in [-0.39, 0.29) is 17.8 Å². The average Bonchev–Trinajstić information content (AvgIpc) is 3.06. The molecule has 1 unspecified atom stereocenters. The molecule has 0 spiro atoms. The fourth-order valence-electron chi connectivity index (χ4n) is 2.83. The molecule has 0 aliphatic carbocycles. The summed E-state index contributed by atoms with van der Waals surface area (Å²) in [4.78, 5) is 18.3. The zero-order chi connectivity index (χ0) is 18.2. The Kier molecular flexibility index (Phi) is 7.68. The number of carbonyl (C=O) groups is 1. The highest BCUT2D eigenvalue weighted by Gasteiger charge is 2.25. The summed E-state index contributed by atoms with van der Waals surface area (Å²) in [6.07, 6.45) is 2.22. The van der Waals surface area contributed by atoms with Crippen LogP contribution < -0.4 is 10.6 Å². The molecule has 1 aromatic rings. The van der Waals surface area contributed by atoms with E-state index in [0.29, 0.717) is 17.4 Å². The summed E-state index contributed by atoms with van der Waals surface area (Å²) in [7, 11) is 0. The minimum Gasteiger partial charge on any atom is -0.357 e. The van der Waals surface area contributed by atoms with E-state index in [2.05, 4.69) is 31.6 Å². The molecule has 1 fully saturated rings. The quantitative estimate of drug-likeness (QED) is 0.557. The van der Waals surface area contributed by atoms with Gasteiger partial charge in [0, 0.05) is 38.6 Å². The number of nitrogens with one attached hydrogen (secondary N) is 2. The Morgan fingerprint density at radius 2 is 2.24 bits per heavy atom. The third kappa shape index (κ3) is 5.99. The van der Waals surface area contributed by atoms with E-state index >= 15 is 0 Å². The normalized spacial score (nSPS) is 17.7. The van der Waals surface area contributed by atoms with E-state index < -0.39 is 0 Å². The van der Waals surface area contributed by atoms with Gasteiger partial charge < -0.3 is 15.5 Å². The molecule has 0 radical (unpaired) electrons. The van der Waals surface area contributed by atoms with Crippen LogP contribution in [0.2, 0.25) is 0 Å². The number of hydrogen-bond donors (Lipinski definition) is 2. The number of benzene rings is 1. The number of likely N-dealkylation sites (tertiary alicyclic amines) is 1. The minimum absolute atomic E-state index is 0.202. The van der Waals surface area contributed by atoms with Crippen LogP contribution in [0.1, 0.15) is 32.3 Å². The van der Waals surface area contributed by atoms with Crippen molar-refractivity contribution >= 4 is 27.8 Å². The lowest BCUT2D eigenvalue weighted by Gasteiger charge is -2.18. The number of nitrogens with zero attached hydrogens (tertiary/aromatic N) is 2. The van der Waals surface area contributed by atoms with Crippen LogP contribution in [0.15, 0.2) is 27.7 Å². The van der Waals surface area contributed by atoms with Gasteiger partial charge in [0.15, 0.2) is 5.96 Å². The second-order valence-electron chi connectivity index (χ2n) is 6.08. The van der Waals surface area contributed by atoms with E-state index in [9.17, 15) is 9.18 Å². The molecule has 5 nitrogen and oxygen atoms in total. The average molecular weight is 413 g/mol. The lowest BCUT2D eigenvalue weighted by atomic mass is 10.1. The van der Waals surface area contributed by atoms with Crippen LogP contribution in [0.3, 0.4) is 0 Å². The number of halogens is 2. The Bertz CT molecular complexity index is 623. The van der Waals surface area contributed by atoms with E-state index in [1.54, 1.807) is 12.1 Å². The molecule has 1 amide bonds. The summed E-state index contributed by atoms with van der Waals surface area (Å²) >= 11 is 3.21. The van der Waals surface area contributed by atoms with Crippen LogP contribution in [-0.4, -0.2) is 49.0 Å². The summed E-state index contributed by atoms with van der Waals surface area (Å²) < 4.78 is 13.7. The smallest absolute Gasteiger partial charge is 0.222 e. The molecule has 0 aromatic heterocycles. The zero-order valence-corrected chi connectivity index (χ0v) is 16.4. The van der Waals surface area contributed by atoms with Gasteiger partial charge in [-0.2, -0.15) is 0 Å². The summed E-state index contributed by atoms with van der Waals surface area (Å²) in [6, 6.07) is 5.26. The Hall–Kier alpha value is -1.63. The summed E-state index contributed by atoms with van der Waals surface area (Å²) in [5.41, 5.74) is 1.04. The molecule has 0 bridgehead atoms. The number of aliphatic imine (C=N–C) groups is 1. The Labute approximate surface area is 157 Å². The molecule has 7 heteroatoms. The van der Waals surface area contributed by atoms with Crippen molar-refractivity contribution in [3.63, 3.8) is 0 Å². The van der Waals surface area contributed by atoms with Crippen molar-refractivity contribution in [2.24, 2.45) is 4.99 Å². The first-order valence-corrected chi connectivity index (χ1v) is 9.59. The molecule has 1 saturated heterocycles. The number of hydrogen-bond acceptors (Lipinski definition) is 2. The largest absolute Gasteiger partial charge is 0.357 e. The Balaban J connectivity index is 1.88. The first kappa shape index (κ1) is 19.7. The molecule has 25 heavy (non-hydrogen) atoms. The van der Waals surface area contributed by atoms with Gasteiger partial charge in [-0.15, -0.1) is 0 Å². The third-order valence-electron chi connectivity index (χ3n) is 4.18. The Morgan fingerprint density at radius 1 is 1.44 bits per heavy atom. The molecule has 1 aliphatic heterocycles. The number of carbonyl (C=O) groups excluding carboxylic acids is 1. The van der Waals surface area contributed by atoms with Gasteiger partial charge >= 0.3 is 0 Å². The lowest BCUT2D eigenvalue weighted by Crippen LogP contribution is -2.45. The van der Waals surface area contributed by atoms with Crippen molar-refractivity contribution in [3.8, 4) is 0 Å². The van der Waals surface area contributed by atoms with Gasteiger partial charge in [0.1, 0.15) is 5.82 Å². The van der Waals surface area contributed by atoms with E-state index in [0.717, 1.165) is 44.0 Å². The molecule has 1 heterocycles. The van der Waals surface area contributed by atoms with Crippen molar-refractivity contribution in [1.29, 1.82) is 0 Å². The Morgan fingerprint density at radius 3 is 2.92 bits per heavy atom. The maximum atomic E-state index is 13.3. The van der Waals surface area contributed by atoms with Crippen LogP contribution in [0.4, 0.5) is 4.39 Å². The van der Waals surface area contributed by atoms with Crippen LogP contribution in [0.5, 0.6) is 0 Å². The second kappa shape index (κ2) is 9.75. The van der Waals surface area contributed by atoms with E-state index in [4.69, 9.17) is 0 Å². The van der Waals surface area contributed by atoms with Crippen molar-refractivity contribution < 1.29 is 9.18 Å². The van der Waals surface area contributed by atoms with Gasteiger partial charge in [-0.3, -0.25) is 9.79 Å². The molecule has 1 aromatic carbocycles. The van der Waals surface area contributed by atoms with Gasteiger partial charge in [0.05, 0.1) is 4.47 Å². The van der Waals surface area contributed by atoms with Crippen molar-refractivity contribution in [2.75, 3.05) is 26.2 Å². The molecular formula is C18H26BrFN4O. The van der Waals surface area contributed by atoms with Gasteiger partial charge in [-0.25, -0.2) is 4.39 Å². The van der Waals surface area contributed by atoms with Crippen molar-refractivity contribution in [3.05, 3.63) is 34.1 Å². The molecule has 2 N–H and O–H groups in total. The highest BCUT2D eigenvalue weighted by molar-refractivity contribution is 9.10. The fraction of sp³-hybridized carbons (Fsp3) is 0.556. The van der Waals surface area contributed by atoms with Crippen molar-refractivity contribution in [2.45, 2.75) is 39.2 Å². The standard InChI is InChI=1S/C18H26BrFN4O/c1-3-17(25)24-10-8-14(12-24)23-18(21-4-2)22-9-7-13-5-6-16(20)15(19)11-13/h5-6,11,14H,3-4,7-10,12H2,1-2H3,(H2,21,22,23). The molecule has 0 saturated carbocycles. The summed E-state index contributed by atoms with van der Waals surface area (Å²) in [5.74, 6) is 0.710. The van der Waals surface area contributed by atoms with Crippen LogP contribution in [0, 0.1) is 5.82 Å². The maximum absolute atomic E-state index is 13.3. The number of amides is 1. The SMILES string of the molecule is CCNC(=NCCc1ccc(F)c(Br)c1)NC1CCN(C(=O)CC)C1. The number of rotatable bonds is 6. The van der Waals surface area contributed by atoms with Crippen LogP contribution in [-0.2, 0) is 11.2 Å². The third-order valence-corrected chi connectivity index (χ3v) is 4.79. The zero-order valence-electron chi connectivity index (χ0n) is 14.8.